The average Bonchev–Trinajstić information content (AvgIpc) is 2.37. The molecule has 1 rings (SSSR count). The van der Waals surface area contributed by atoms with Crippen LogP contribution in [0.25, 0.3) is 0 Å². The fourth-order valence-corrected chi connectivity index (χ4v) is 2.18. The van der Waals surface area contributed by atoms with E-state index in [9.17, 15) is 14.7 Å². The number of amides is 1. The molecule has 0 aliphatic rings. The number of hydrogen-bond donors (Lipinski definition) is 3. The number of ether oxygens (including phenoxy) is 1. The second-order valence-electron chi connectivity index (χ2n) is 6.23. The Balaban J connectivity index is 2.82. The van der Waals surface area contributed by atoms with Gasteiger partial charge in [-0.05, 0) is 32.8 Å². The molecular formula is C15H22AlNO5. The Morgan fingerprint density at radius 3 is 2.27 bits per heavy atom. The van der Waals surface area contributed by atoms with E-state index in [1.807, 2.05) is 24.3 Å². The largest absolute Gasteiger partial charge is 0.479 e. The number of alkyl carbamates (subject to hydrolysis) is 1. The van der Waals surface area contributed by atoms with Crippen LogP contribution in [0.1, 0.15) is 26.3 Å². The number of carbonyl (C=O) groups is 2. The Kier molecular flexibility index (Phi) is 6.42. The van der Waals surface area contributed by atoms with Crippen molar-refractivity contribution in [2.45, 2.75) is 44.9 Å². The monoisotopic (exact) mass is 323 g/mol. The van der Waals surface area contributed by atoms with E-state index in [4.69, 9.17) is 9.84 Å². The maximum atomic E-state index is 11.8. The topological polar surface area (TPSA) is 95.9 Å². The summed E-state index contributed by atoms with van der Waals surface area (Å²) in [6.07, 6.45) is -2.25. The number of aliphatic hydroxyl groups is 1. The van der Waals surface area contributed by atoms with E-state index in [1.54, 1.807) is 20.8 Å². The van der Waals surface area contributed by atoms with E-state index in [1.165, 1.54) is 4.43 Å². The lowest BCUT2D eigenvalue weighted by atomic mass is 10.0. The summed E-state index contributed by atoms with van der Waals surface area (Å²) in [5, 5.41) is 21.2. The van der Waals surface area contributed by atoms with Gasteiger partial charge in [0.25, 0.3) is 16.3 Å². The van der Waals surface area contributed by atoms with Crippen molar-refractivity contribution in [1.29, 1.82) is 0 Å². The number of carboxylic acids is 1. The molecular weight excluding hydrogens is 301 g/mol. The molecule has 0 heterocycles. The van der Waals surface area contributed by atoms with Crippen LogP contribution in [0.3, 0.4) is 0 Å². The lowest BCUT2D eigenvalue weighted by molar-refractivity contribution is -0.148. The first-order chi connectivity index (χ1) is 10.1. The van der Waals surface area contributed by atoms with Crippen molar-refractivity contribution in [3.05, 3.63) is 29.8 Å². The van der Waals surface area contributed by atoms with Gasteiger partial charge in [0.2, 0.25) is 0 Å². The summed E-state index contributed by atoms with van der Waals surface area (Å²) in [6, 6.07) is 6.65. The molecule has 3 N–H and O–H groups in total. The van der Waals surface area contributed by atoms with E-state index >= 15 is 0 Å². The lowest BCUT2D eigenvalue weighted by Crippen LogP contribution is -2.49. The third-order valence-electron chi connectivity index (χ3n) is 2.91. The number of carbonyl (C=O) groups excluding carboxylic acids is 1. The van der Waals surface area contributed by atoms with Gasteiger partial charge in [0.05, 0.1) is 6.04 Å². The normalized spacial score (nSPS) is 14.0. The summed E-state index contributed by atoms with van der Waals surface area (Å²) < 4.78 is 6.31. The molecule has 120 valence electrons. The van der Waals surface area contributed by atoms with E-state index in [0.29, 0.717) is 0 Å². The van der Waals surface area contributed by atoms with Crippen LogP contribution in [0.4, 0.5) is 4.79 Å². The predicted octanol–water partition coefficient (Wildman–Crippen LogP) is -0.174. The van der Waals surface area contributed by atoms with Crippen molar-refractivity contribution in [3.63, 3.8) is 0 Å². The van der Waals surface area contributed by atoms with Crippen molar-refractivity contribution < 1.29 is 24.5 Å². The molecule has 1 aromatic rings. The molecule has 22 heavy (non-hydrogen) atoms. The highest BCUT2D eigenvalue weighted by Crippen LogP contribution is 2.10. The molecule has 0 aliphatic heterocycles. The van der Waals surface area contributed by atoms with Gasteiger partial charge in [-0.2, -0.15) is 0 Å². The Bertz CT molecular complexity index is 524. The van der Waals surface area contributed by atoms with Crippen molar-refractivity contribution in [3.8, 4) is 0 Å². The maximum absolute atomic E-state index is 11.8. The van der Waals surface area contributed by atoms with Crippen LogP contribution in [-0.4, -0.2) is 56.3 Å². The highest BCUT2D eigenvalue weighted by Gasteiger charge is 2.29. The maximum Gasteiger partial charge on any atom is 0.407 e. The first-order valence-electron chi connectivity index (χ1n) is 7.04. The van der Waals surface area contributed by atoms with Crippen molar-refractivity contribution >= 4 is 32.8 Å². The molecule has 0 aromatic heterocycles. The summed E-state index contributed by atoms with van der Waals surface area (Å²) in [7, 11) is 0. The zero-order valence-electron chi connectivity index (χ0n) is 13.3. The van der Waals surface area contributed by atoms with Crippen LogP contribution in [0, 0.1) is 0 Å². The van der Waals surface area contributed by atoms with Gasteiger partial charge < -0.3 is 20.3 Å². The molecule has 7 heteroatoms. The number of hydrogen-bond acceptors (Lipinski definition) is 4. The van der Waals surface area contributed by atoms with Gasteiger partial charge in [0.1, 0.15) is 5.60 Å². The fourth-order valence-electron chi connectivity index (χ4n) is 1.85. The van der Waals surface area contributed by atoms with Crippen LogP contribution in [0.15, 0.2) is 24.3 Å². The highest BCUT2D eigenvalue weighted by molar-refractivity contribution is 6.32. The van der Waals surface area contributed by atoms with Gasteiger partial charge in [-0.3, -0.25) is 0 Å². The van der Waals surface area contributed by atoms with Gasteiger partial charge in [-0.1, -0.05) is 24.3 Å². The second-order valence-corrected chi connectivity index (χ2v) is 7.38. The molecule has 0 bridgehead atoms. The average molecular weight is 323 g/mol. The van der Waals surface area contributed by atoms with Crippen LogP contribution in [0.2, 0.25) is 0 Å². The highest BCUT2D eigenvalue weighted by atomic mass is 27.0. The minimum Gasteiger partial charge on any atom is -0.479 e. The molecule has 0 unspecified atom stereocenters. The number of nitrogens with one attached hydrogen (secondary N) is 1. The van der Waals surface area contributed by atoms with Gasteiger partial charge in [-0.15, -0.1) is 4.43 Å². The number of benzene rings is 1. The van der Waals surface area contributed by atoms with E-state index < -0.39 is 29.8 Å². The van der Waals surface area contributed by atoms with E-state index in [-0.39, 0.29) is 6.42 Å². The zero-order chi connectivity index (χ0) is 16.9. The molecule has 0 aliphatic carbocycles. The minimum absolute atomic E-state index is 0.203. The zero-order valence-corrected chi connectivity index (χ0v) is 15.3. The Labute approximate surface area is 137 Å². The Hall–Kier alpha value is -1.55. The molecule has 0 saturated heterocycles. The number of rotatable bonds is 5. The van der Waals surface area contributed by atoms with Crippen molar-refractivity contribution in [2.75, 3.05) is 0 Å². The molecule has 0 radical (unpaired) electrons. The minimum atomic E-state index is -1.71. The van der Waals surface area contributed by atoms with Crippen molar-refractivity contribution in [2.24, 2.45) is 0 Å². The van der Waals surface area contributed by atoms with Crippen LogP contribution >= 0.6 is 0 Å². The summed E-state index contributed by atoms with van der Waals surface area (Å²) >= 11 is 0.924. The molecule has 0 saturated carbocycles. The van der Waals surface area contributed by atoms with Crippen LogP contribution in [0.5, 0.6) is 0 Å². The SMILES string of the molecule is CC(C)(C)OC(=O)N[C@H](Cc1cc[c]([AlH2])cc1)[C@H](O)C(=O)O. The summed E-state index contributed by atoms with van der Waals surface area (Å²) in [4.78, 5) is 22.8. The third-order valence-corrected chi connectivity index (χ3v) is 3.58. The first-order valence-corrected chi connectivity index (χ1v) is 8.04. The standard InChI is InChI=1S/C15H20NO5.Al.2H/c1-15(2,3)21-14(20)16-11(12(17)13(18)19)9-10-7-5-4-6-8-10;;;/h5-8,11-12,17H,9H2,1-3H3,(H,16,20)(H,18,19);;;/t11-,12+;;;/m1.../s1. The third kappa shape index (κ3) is 6.48. The van der Waals surface area contributed by atoms with Gasteiger partial charge in [-0.25, -0.2) is 9.59 Å². The fraction of sp³-hybridized carbons (Fsp3) is 0.467. The molecule has 1 aromatic carbocycles. The van der Waals surface area contributed by atoms with Gasteiger partial charge >= 0.3 is 12.1 Å². The van der Waals surface area contributed by atoms with Gasteiger partial charge in [0.15, 0.2) is 6.10 Å². The van der Waals surface area contributed by atoms with E-state index in [0.717, 1.165) is 21.9 Å². The molecule has 2 atom stereocenters. The Morgan fingerprint density at radius 1 is 1.27 bits per heavy atom. The molecule has 1 amide bonds. The predicted molar refractivity (Wildman–Crippen MR) is 85.1 cm³/mol. The summed E-state index contributed by atoms with van der Waals surface area (Å²) in [5.41, 5.74) is 0.137. The number of aliphatic hydroxyl groups excluding tert-OH is 1. The van der Waals surface area contributed by atoms with Gasteiger partial charge in [0, 0.05) is 0 Å². The number of carboxylic acid groups (broad SMARTS) is 1. The summed E-state index contributed by atoms with van der Waals surface area (Å²) in [6.45, 7) is 5.12. The van der Waals surface area contributed by atoms with Crippen molar-refractivity contribution in [1.82, 2.24) is 5.32 Å². The van der Waals surface area contributed by atoms with E-state index in [2.05, 4.69) is 5.32 Å². The molecule has 6 nitrogen and oxygen atoms in total. The summed E-state index contributed by atoms with van der Waals surface area (Å²) in [5.74, 6) is -1.39. The molecule has 0 fully saturated rings. The smallest absolute Gasteiger partial charge is 0.407 e. The quantitative estimate of drug-likeness (QED) is 0.654. The number of aliphatic carboxylic acids is 1. The Morgan fingerprint density at radius 2 is 1.82 bits per heavy atom. The second kappa shape index (κ2) is 7.64. The first kappa shape index (κ1) is 18.5. The van der Waals surface area contributed by atoms with Crippen LogP contribution < -0.4 is 9.74 Å². The lowest BCUT2D eigenvalue weighted by Gasteiger charge is -2.25. The molecule has 0 spiro atoms. The van der Waals surface area contributed by atoms with Crippen LogP contribution in [-0.2, 0) is 16.0 Å².